The minimum Gasteiger partial charge on any atom is -0.337 e. The van der Waals surface area contributed by atoms with E-state index >= 15 is 0 Å². The van der Waals surface area contributed by atoms with E-state index in [1.165, 1.54) is 11.1 Å². The normalized spacial score (nSPS) is 19.7. The molecule has 0 aliphatic carbocycles. The van der Waals surface area contributed by atoms with Gasteiger partial charge in [-0.3, -0.25) is 14.6 Å². The number of rotatable bonds is 3. The highest BCUT2D eigenvalue weighted by molar-refractivity contribution is 5.89. The molecule has 0 radical (unpaired) electrons. The molecule has 1 atom stereocenters. The first-order valence-corrected chi connectivity index (χ1v) is 8.23. The second kappa shape index (κ2) is 6.07. The Morgan fingerprint density at radius 1 is 1.12 bits per heavy atom. The summed E-state index contributed by atoms with van der Waals surface area (Å²) >= 11 is 0. The maximum atomic E-state index is 12.8. The predicted octanol–water partition coefficient (Wildman–Crippen LogP) is 1.97. The number of nitrogens with zero attached hydrogens (tertiary/aromatic N) is 3. The lowest BCUT2D eigenvalue weighted by molar-refractivity contribution is -0.136. The minimum atomic E-state index is -0.233. The van der Waals surface area contributed by atoms with Gasteiger partial charge in [0.2, 0.25) is 11.8 Å². The van der Waals surface area contributed by atoms with Gasteiger partial charge >= 0.3 is 0 Å². The van der Waals surface area contributed by atoms with Crippen LogP contribution < -0.4 is 0 Å². The zero-order valence-corrected chi connectivity index (χ0v) is 13.4. The molecule has 2 aliphatic heterocycles. The third-order valence-corrected chi connectivity index (χ3v) is 4.81. The summed E-state index contributed by atoms with van der Waals surface area (Å²) in [5, 5.41) is 0. The number of pyridine rings is 1. The fourth-order valence-electron chi connectivity index (χ4n) is 3.55. The van der Waals surface area contributed by atoms with Crippen LogP contribution in [0.3, 0.4) is 0 Å². The number of hydrogen-bond donors (Lipinski definition) is 0. The molecule has 5 nitrogen and oxygen atoms in total. The highest BCUT2D eigenvalue weighted by atomic mass is 16.2. The van der Waals surface area contributed by atoms with Crippen LogP contribution in [-0.2, 0) is 29.2 Å². The highest BCUT2D eigenvalue weighted by Gasteiger charge is 2.37. The molecule has 0 bridgehead atoms. The van der Waals surface area contributed by atoms with Crippen molar-refractivity contribution in [1.29, 1.82) is 0 Å². The molecule has 1 aromatic carbocycles. The standard InChI is InChI=1S/C19H19N3O2/c23-18-8-17(13-21(18)10-14-4-3-7-20-9-14)19(24)22-11-15-5-1-2-6-16(15)12-22/h1-7,9,17H,8,10-13H2/t17-/m0/s1. The Hall–Kier alpha value is -2.69. The second-order valence-corrected chi connectivity index (χ2v) is 6.50. The van der Waals surface area contributed by atoms with Crippen molar-refractivity contribution in [2.45, 2.75) is 26.1 Å². The molecule has 1 fully saturated rings. The number of fused-ring (bicyclic) bond motifs is 1. The van der Waals surface area contributed by atoms with Crippen molar-refractivity contribution in [2.75, 3.05) is 6.54 Å². The molecular weight excluding hydrogens is 302 g/mol. The molecule has 0 unspecified atom stereocenters. The lowest BCUT2D eigenvalue weighted by Gasteiger charge is -2.20. The van der Waals surface area contributed by atoms with Gasteiger partial charge in [-0.25, -0.2) is 0 Å². The summed E-state index contributed by atoms with van der Waals surface area (Å²) in [6, 6.07) is 11.9. The smallest absolute Gasteiger partial charge is 0.228 e. The Labute approximate surface area is 140 Å². The fourth-order valence-corrected chi connectivity index (χ4v) is 3.55. The number of amides is 2. The van der Waals surface area contributed by atoms with Crippen LogP contribution >= 0.6 is 0 Å². The van der Waals surface area contributed by atoms with Crippen LogP contribution in [0.15, 0.2) is 48.8 Å². The van der Waals surface area contributed by atoms with Gasteiger partial charge in [-0.05, 0) is 22.8 Å². The van der Waals surface area contributed by atoms with Gasteiger partial charge in [0.1, 0.15) is 0 Å². The Balaban J connectivity index is 1.41. The summed E-state index contributed by atoms with van der Waals surface area (Å²) in [5.41, 5.74) is 3.41. The zero-order valence-electron chi connectivity index (χ0n) is 13.4. The molecule has 1 aromatic heterocycles. The highest BCUT2D eigenvalue weighted by Crippen LogP contribution is 2.27. The Morgan fingerprint density at radius 3 is 2.54 bits per heavy atom. The third-order valence-electron chi connectivity index (χ3n) is 4.81. The molecule has 0 N–H and O–H groups in total. The van der Waals surface area contributed by atoms with E-state index in [0.717, 1.165) is 5.56 Å². The van der Waals surface area contributed by atoms with E-state index in [1.54, 1.807) is 17.3 Å². The number of benzene rings is 1. The lowest BCUT2D eigenvalue weighted by Crippen LogP contribution is -2.33. The van der Waals surface area contributed by atoms with Crippen molar-refractivity contribution in [3.05, 3.63) is 65.5 Å². The number of carbonyl (C=O) groups is 2. The molecule has 4 rings (SSSR count). The van der Waals surface area contributed by atoms with E-state index in [0.29, 0.717) is 32.6 Å². The fraction of sp³-hybridized carbons (Fsp3) is 0.316. The Bertz CT molecular complexity index is 750. The summed E-state index contributed by atoms with van der Waals surface area (Å²) < 4.78 is 0. The number of carbonyl (C=O) groups excluding carboxylic acids is 2. The average molecular weight is 321 g/mol. The zero-order chi connectivity index (χ0) is 16.5. The SMILES string of the molecule is O=C1C[C@H](C(=O)N2Cc3ccccc3C2)CN1Cc1cccnc1. The van der Waals surface area contributed by atoms with Gasteiger partial charge in [-0.2, -0.15) is 0 Å². The molecular formula is C19H19N3O2. The minimum absolute atomic E-state index is 0.0499. The summed E-state index contributed by atoms with van der Waals surface area (Å²) in [4.78, 5) is 32.8. The first-order chi connectivity index (χ1) is 11.7. The van der Waals surface area contributed by atoms with Gasteiger partial charge in [0.25, 0.3) is 0 Å². The van der Waals surface area contributed by atoms with Crippen molar-refractivity contribution < 1.29 is 9.59 Å². The average Bonchev–Trinajstić information content (AvgIpc) is 3.19. The molecule has 24 heavy (non-hydrogen) atoms. The van der Waals surface area contributed by atoms with E-state index in [9.17, 15) is 9.59 Å². The monoisotopic (exact) mass is 321 g/mol. The number of aromatic nitrogens is 1. The van der Waals surface area contributed by atoms with Crippen molar-refractivity contribution >= 4 is 11.8 Å². The van der Waals surface area contributed by atoms with Crippen LogP contribution in [-0.4, -0.2) is 33.1 Å². The van der Waals surface area contributed by atoms with Crippen molar-refractivity contribution in [3.8, 4) is 0 Å². The Morgan fingerprint density at radius 2 is 1.88 bits per heavy atom. The van der Waals surface area contributed by atoms with Crippen LogP contribution in [0.5, 0.6) is 0 Å². The van der Waals surface area contributed by atoms with Gasteiger partial charge in [-0.15, -0.1) is 0 Å². The molecule has 122 valence electrons. The van der Waals surface area contributed by atoms with Gasteiger partial charge < -0.3 is 9.80 Å². The van der Waals surface area contributed by atoms with Crippen LogP contribution in [0.2, 0.25) is 0 Å². The van der Waals surface area contributed by atoms with Gasteiger partial charge in [0, 0.05) is 45.0 Å². The lowest BCUT2D eigenvalue weighted by atomic mass is 10.1. The first-order valence-electron chi connectivity index (χ1n) is 8.23. The van der Waals surface area contributed by atoms with Crippen LogP contribution in [0.4, 0.5) is 0 Å². The van der Waals surface area contributed by atoms with E-state index < -0.39 is 0 Å². The van der Waals surface area contributed by atoms with Gasteiger partial charge in [0.15, 0.2) is 0 Å². The Kier molecular flexibility index (Phi) is 3.76. The van der Waals surface area contributed by atoms with Crippen LogP contribution in [0.25, 0.3) is 0 Å². The molecule has 3 heterocycles. The first kappa shape index (κ1) is 14.9. The summed E-state index contributed by atoms with van der Waals surface area (Å²) in [6.45, 7) is 2.33. The molecule has 2 aliphatic rings. The molecule has 2 amide bonds. The topological polar surface area (TPSA) is 53.5 Å². The second-order valence-electron chi connectivity index (χ2n) is 6.50. The maximum absolute atomic E-state index is 12.8. The molecule has 0 spiro atoms. The molecule has 5 heteroatoms. The molecule has 0 saturated carbocycles. The van der Waals surface area contributed by atoms with Crippen LogP contribution in [0, 0.1) is 5.92 Å². The molecule has 1 saturated heterocycles. The number of likely N-dealkylation sites (tertiary alicyclic amines) is 1. The summed E-state index contributed by atoms with van der Waals surface area (Å²) in [7, 11) is 0. The third kappa shape index (κ3) is 2.77. The van der Waals surface area contributed by atoms with E-state index in [1.807, 2.05) is 29.2 Å². The summed E-state index contributed by atoms with van der Waals surface area (Å²) in [6.07, 6.45) is 3.79. The summed E-state index contributed by atoms with van der Waals surface area (Å²) in [5.74, 6) is -0.0920. The quantitative estimate of drug-likeness (QED) is 0.868. The number of hydrogen-bond acceptors (Lipinski definition) is 3. The van der Waals surface area contributed by atoms with Gasteiger partial charge in [0.05, 0.1) is 5.92 Å². The van der Waals surface area contributed by atoms with Crippen molar-refractivity contribution in [3.63, 3.8) is 0 Å². The largest absolute Gasteiger partial charge is 0.337 e. The van der Waals surface area contributed by atoms with E-state index in [2.05, 4.69) is 17.1 Å². The van der Waals surface area contributed by atoms with Crippen molar-refractivity contribution in [2.24, 2.45) is 5.92 Å². The molecule has 2 aromatic rings. The van der Waals surface area contributed by atoms with Crippen LogP contribution in [0.1, 0.15) is 23.1 Å². The maximum Gasteiger partial charge on any atom is 0.228 e. The van der Waals surface area contributed by atoms with Crippen molar-refractivity contribution in [1.82, 2.24) is 14.8 Å². The predicted molar refractivity (Wildman–Crippen MR) is 88.5 cm³/mol. The van der Waals surface area contributed by atoms with E-state index in [-0.39, 0.29) is 17.7 Å². The van der Waals surface area contributed by atoms with E-state index in [4.69, 9.17) is 0 Å². The van der Waals surface area contributed by atoms with Gasteiger partial charge in [-0.1, -0.05) is 30.3 Å².